The molecule has 0 unspecified atom stereocenters. The Bertz CT molecular complexity index is 678. The number of amides is 1. The largest absolute Gasteiger partial charge is 0.475 e. The van der Waals surface area contributed by atoms with Crippen molar-refractivity contribution in [2.24, 2.45) is 4.99 Å². The Labute approximate surface area is 171 Å². The number of hydrogen-bond acceptors (Lipinski definition) is 5. The molecule has 1 aliphatic rings. The third-order valence-electron chi connectivity index (χ3n) is 3.86. The molecule has 0 radical (unpaired) electrons. The summed E-state index contributed by atoms with van der Waals surface area (Å²) in [6.45, 7) is 10.7. The number of guanidine groups is 1. The Balaban J connectivity index is 1.83. The number of hydrogen-bond donors (Lipinski definition) is 2. The Kier molecular flexibility index (Phi) is 8.17. The lowest BCUT2D eigenvalue weighted by Crippen LogP contribution is -2.44. The first kappa shape index (κ1) is 22.1. The van der Waals surface area contributed by atoms with Crippen molar-refractivity contribution >= 4 is 23.7 Å². The number of alkyl carbamates (subject to hydrolysis) is 1. The van der Waals surface area contributed by atoms with Gasteiger partial charge in [-0.1, -0.05) is 11.6 Å². The summed E-state index contributed by atoms with van der Waals surface area (Å²) in [5.41, 5.74) is -0.505. The van der Waals surface area contributed by atoms with E-state index in [0.29, 0.717) is 30.6 Å². The second-order valence-electron chi connectivity index (χ2n) is 7.45. The van der Waals surface area contributed by atoms with Gasteiger partial charge in [-0.3, -0.25) is 0 Å². The van der Waals surface area contributed by atoms with Crippen molar-refractivity contribution in [1.82, 2.24) is 20.5 Å². The third-order valence-corrected chi connectivity index (χ3v) is 4.15. The van der Waals surface area contributed by atoms with Gasteiger partial charge in [0.05, 0.1) is 12.6 Å². The van der Waals surface area contributed by atoms with E-state index in [0.717, 1.165) is 25.5 Å². The number of aromatic nitrogens is 1. The van der Waals surface area contributed by atoms with Crippen molar-refractivity contribution in [3.8, 4) is 5.88 Å². The van der Waals surface area contributed by atoms with Gasteiger partial charge < -0.3 is 25.0 Å². The number of aliphatic imine (C=N–C) groups is 1. The van der Waals surface area contributed by atoms with Gasteiger partial charge in [0.2, 0.25) is 5.88 Å². The minimum absolute atomic E-state index is 0.0299. The van der Waals surface area contributed by atoms with Crippen LogP contribution in [0.25, 0.3) is 0 Å². The van der Waals surface area contributed by atoms with Crippen LogP contribution in [0.15, 0.2) is 23.3 Å². The number of pyridine rings is 1. The van der Waals surface area contributed by atoms with Gasteiger partial charge in [0.1, 0.15) is 17.2 Å². The Morgan fingerprint density at radius 2 is 2.25 bits per heavy atom. The minimum atomic E-state index is -0.505. The Morgan fingerprint density at radius 1 is 1.46 bits per heavy atom. The molecule has 1 amide bonds. The summed E-state index contributed by atoms with van der Waals surface area (Å²) in [5.74, 6) is 1.21. The van der Waals surface area contributed by atoms with Gasteiger partial charge in [0.25, 0.3) is 0 Å². The van der Waals surface area contributed by atoms with E-state index < -0.39 is 5.60 Å². The first-order valence-corrected chi connectivity index (χ1v) is 9.92. The molecule has 0 aromatic carbocycles. The maximum atomic E-state index is 12.0. The van der Waals surface area contributed by atoms with Crippen LogP contribution in [0, 0.1) is 0 Å². The van der Waals surface area contributed by atoms with Crippen molar-refractivity contribution in [2.45, 2.75) is 45.8 Å². The molecule has 1 aliphatic heterocycles. The third kappa shape index (κ3) is 7.42. The summed E-state index contributed by atoms with van der Waals surface area (Å²) in [7, 11) is 0. The van der Waals surface area contributed by atoms with E-state index in [2.05, 4.69) is 25.5 Å². The molecule has 1 atom stereocenters. The normalized spacial score (nSPS) is 17.4. The lowest BCUT2D eigenvalue weighted by atomic mass is 10.2. The number of nitrogens with zero attached hydrogens (tertiary/aromatic N) is 3. The fourth-order valence-corrected chi connectivity index (χ4v) is 2.92. The maximum absolute atomic E-state index is 12.0. The molecule has 2 rings (SSSR count). The highest BCUT2D eigenvalue weighted by Crippen LogP contribution is 2.19. The van der Waals surface area contributed by atoms with E-state index >= 15 is 0 Å². The van der Waals surface area contributed by atoms with Gasteiger partial charge in [-0.25, -0.2) is 14.8 Å². The second-order valence-corrected chi connectivity index (χ2v) is 7.86. The van der Waals surface area contributed by atoms with Crippen molar-refractivity contribution in [1.29, 1.82) is 0 Å². The number of rotatable bonds is 6. The van der Waals surface area contributed by atoms with Gasteiger partial charge in [-0.15, -0.1) is 0 Å². The number of halogens is 1. The van der Waals surface area contributed by atoms with Crippen LogP contribution < -0.4 is 15.4 Å². The average Bonchev–Trinajstić information content (AvgIpc) is 3.05. The molecule has 8 nitrogen and oxygen atoms in total. The molecule has 1 saturated heterocycles. The molecule has 156 valence electrons. The zero-order valence-corrected chi connectivity index (χ0v) is 17.8. The number of ether oxygens (including phenoxy) is 2. The molecule has 0 spiro atoms. The fourth-order valence-electron chi connectivity index (χ4n) is 2.74. The summed E-state index contributed by atoms with van der Waals surface area (Å²) in [6, 6.07) is 3.52. The SMILES string of the molecule is CCNC(=NCCOc1ncccc1Cl)N1CC[C@@H](NC(=O)OC(C)(C)C)C1. The van der Waals surface area contributed by atoms with Crippen LogP contribution in [-0.4, -0.2) is 66.4 Å². The highest BCUT2D eigenvalue weighted by atomic mass is 35.5. The van der Waals surface area contributed by atoms with Crippen LogP contribution >= 0.6 is 11.6 Å². The van der Waals surface area contributed by atoms with Crippen molar-refractivity contribution in [3.05, 3.63) is 23.4 Å². The van der Waals surface area contributed by atoms with E-state index in [4.69, 9.17) is 21.1 Å². The molecular formula is C19H30ClN5O3. The first-order chi connectivity index (χ1) is 13.3. The highest BCUT2D eigenvalue weighted by molar-refractivity contribution is 6.31. The lowest BCUT2D eigenvalue weighted by Gasteiger charge is -2.23. The molecule has 9 heteroatoms. The predicted octanol–water partition coefficient (Wildman–Crippen LogP) is 2.68. The molecule has 1 fully saturated rings. The number of nitrogens with one attached hydrogen (secondary N) is 2. The topological polar surface area (TPSA) is 88.1 Å². The van der Waals surface area contributed by atoms with Crippen molar-refractivity contribution < 1.29 is 14.3 Å². The molecule has 2 heterocycles. The smallest absolute Gasteiger partial charge is 0.407 e. The van der Waals surface area contributed by atoms with Crippen LogP contribution in [0.5, 0.6) is 5.88 Å². The molecule has 1 aromatic heterocycles. The predicted molar refractivity (Wildman–Crippen MR) is 110 cm³/mol. The van der Waals surface area contributed by atoms with E-state index in [1.807, 2.05) is 27.7 Å². The molecule has 2 N–H and O–H groups in total. The minimum Gasteiger partial charge on any atom is -0.475 e. The van der Waals surface area contributed by atoms with Crippen LogP contribution in [-0.2, 0) is 4.74 Å². The lowest BCUT2D eigenvalue weighted by molar-refractivity contribution is 0.0507. The first-order valence-electron chi connectivity index (χ1n) is 9.54. The summed E-state index contributed by atoms with van der Waals surface area (Å²) in [4.78, 5) is 22.8. The van der Waals surface area contributed by atoms with Crippen LogP contribution in [0.3, 0.4) is 0 Å². The highest BCUT2D eigenvalue weighted by Gasteiger charge is 2.27. The zero-order chi connectivity index (χ0) is 20.6. The summed E-state index contributed by atoms with van der Waals surface area (Å²) < 4.78 is 10.9. The van der Waals surface area contributed by atoms with E-state index in [1.54, 1.807) is 18.3 Å². The Hall–Kier alpha value is -2.22. The van der Waals surface area contributed by atoms with Gasteiger partial charge in [-0.2, -0.15) is 0 Å². The van der Waals surface area contributed by atoms with Crippen molar-refractivity contribution in [3.63, 3.8) is 0 Å². The number of carbonyl (C=O) groups excluding carboxylic acids is 1. The van der Waals surface area contributed by atoms with Crippen LogP contribution in [0.4, 0.5) is 4.79 Å². The van der Waals surface area contributed by atoms with Gasteiger partial charge in [0, 0.05) is 25.8 Å². The summed E-state index contributed by atoms with van der Waals surface area (Å²) in [6.07, 6.45) is 2.09. The van der Waals surface area contributed by atoms with Gasteiger partial charge >= 0.3 is 6.09 Å². The average molecular weight is 412 g/mol. The monoisotopic (exact) mass is 411 g/mol. The number of likely N-dealkylation sites (tertiary alicyclic amines) is 1. The van der Waals surface area contributed by atoms with E-state index in [9.17, 15) is 4.79 Å². The zero-order valence-electron chi connectivity index (χ0n) is 17.0. The molecule has 0 bridgehead atoms. The molecule has 0 saturated carbocycles. The summed E-state index contributed by atoms with van der Waals surface area (Å²) >= 11 is 6.03. The molecule has 28 heavy (non-hydrogen) atoms. The van der Waals surface area contributed by atoms with Crippen LogP contribution in [0.2, 0.25) is 5.02 Å². The number of carbonyl (C=O) groups is 1. The molecular weight excluding hydrogens is 382 g/mol. The standard InChI is InChI=1S/C19H30ClN5O3/c1-5-21-17(23-10-12-27-16-15(20)7-6-9-22-16)25-11-8-14(13-25)24-18(26)28-19(2,3)4/h6-7,9,14H,5,8,10-13H2,1-4H3,(H,21,23)(H,24,26)/t14-/m1/s1. The molecule has 1 aromatic rings. The van der Waals surface area contributed by atoms with Crippen LogP contribution in [0.1, 0.15) is 34.1 Å². The second kappa shape index (κ2) is 10.4. The van der Waals surface area contributed by atoms with Crippen molar-refractivity contribution in [2.75, 3.05) is 32.8 Å². The molecule has 0 aliphatic carbocycles. The maximum Gasteiger partial charge on any atom is 0.407 e. The Morgan fingerprint density at radius 3 is 2.93 bits per heavy atom. The van der Waals surface area contributed by atoms with Gasteiger partial charge in [-0.05, 0) is 46.2 Å². The fraction of sp³-hybridized carbons (Fsp3) is 0.632. The summed E-state index contributed by atoms with van der Waals surface area (Å²) in [5, 5.41) is 6.69. The van der Waals surface area contributed by atoms with E-state index in [1.165, 1.54) is 0 Å². The van der Waals surface area contributed by atoms with Gasteiger partial charge in [0.15, 0.2) is 5.96 Å². The quantitative estimate of drug-likeness (QED) is 0.425. The van der Waals surface area contributed by atoms with E-state index in [-0.39, 0.29) is 12.1 Å².